The van der Waals surface area contributed by atoms with Gasteiger partial charge in [0.2, 0.25) is 0 Å². The molecule has 0 saturated carbocycles. The van der Waals surface area contributed by atoms with Gasteiger partial charge in [-0.25, -0.2) is 8.78 Å². The molecular weight excluding hydrogens is 214 g/mol. The van der Waals surface area contributed by atoms with Crippen LogP contribution in [0.15, 0.2) is 24.3 Å². The highest BCUT2D eigenvalue weighted by Gasteiger charge is 2.00. The number of benzene rings is 1. The van der Waals surface area contributed by atoms with E-state index in [-0.39, 0.29) is 12.4 Å². The summed E-state index contributed by atoms with van der Waals surface area (Å²) in [6.45, 7) is 2.05. The summed E-state index contributed by atoms with van der Waals surface area (Å²) in [6, 6.07) is 3.54. The molecule has 1 aromatic rings. The van der Waals surface area contributed by atoms with E-state index >= 15 is 0 Å². The lowest BCUT2D eigenvalue weighted by atomic mass is 10.2. The monoisotopic (exact) mass is 226 g/mol. The van der Waals surface area contributed by atoms with Crippen LogP contribution in [0.5, 0.6) is 0 Å². The average molecular weight is 226 g/mol. The predicted octanol–water partition coefficient (Wildman–Crippen LogP) is 2.93. The van der Waals surface area contributed by atoms with Gasteiger partial charge in [0.15, 0.2) is 11.6 Å². The first-order valence-corrected chi connectivity index (χ1v) is 4.90. The highest BCUT2D eigenvalue weighted by Crippen LogP contribution is 2.10. The zero-order valence-electron chi connectivity index (χ0n) is 8.87. The zero-order chi connectivity index (χ0) is 12.0. The third-order valence-corrected chi connectivity index (χ3v) is 1.84. The number of hydrogen-bond acceptors (Lipinski definition) is 2. The Balaban J connectivity index is 2.56. The van der Waals surface area contributed by atoms with E-state index in [1.54, 1.807) is 19.1 Å². The molecule has 4 heteroatoms. The summed E-state index contributed by atoms with van der Waals surface area (Å²) in [5.41, 5.74) is 0.503. The molecule has 0 aromatic heterocycles. The Labute approximate surface area is 92.5 Å². The molecule has 0 aliphatic rings. The Hall–Kier alpha value is -1.71. The van der Waals surface area contributed by atoms with E-state index in [0.717, 1.165) is 12.1 Å². The van der Waals surface area contributed by atoms with Gasteiger partial charge in [-0.15, -0.1) is 0 Å². The molecule has 0 spiro atoms. The number of ether oxygens (including phenoxy) is 1. The van der Waals surface area contributed by atoms with Gasteiger partial charge in [0, 0.05) is 0 Å². The van der Waals surface area contributed by atoms with E-state index in [2.05, 4.69) is 0 Å². The fourth-order valence-corrected chi connectivity index (χ4v) is 1.13. The SMILES string of the molecule is CCOC(=O)CC=Cc1ccc(F)c(F)c1. The van der Waals surface area contributed by atoms with Crippen molar-refractivity contribution in [2.75, 3.05) is 6.61 Å². The minimum atomic E-state index is -0.904. The van der Waals surface area contributed by atoms with E-state index in [4.69, 9.17) is 4.74 Å². The topological polar surface area (TPSA) is 26.3 Å². The van der Waals surface area contributed by atoms with Gasteiger partial charge < -0.3 is 4.74 Å². The molecule has 0 atom stereocenters. The van der Waals surface area contributed by atoms with Gasteiger partial charge in [-0.1, -0.05) is 18.2 Å². The summed E-state index contributed by atoms with van der Waals surface area (Å²) in [6.07, 6.45) is 3.21. The van der Waals surface area contributed by atoms with Crippen molar-refractivity contribution in [3.05, 3.63) is 41.5 Å². The summed E-state index contributed by atoms with van der Waals surface area (Å²) < 4.78 is 30.1. The molecule has 0 aliphatic heterocycles. The van der Waals surface area contributed by atoms with Crippen LogP contribution in [0.4, 0.5) is 8.78 Å². The van der Waals surface area contributed by atoms with Gasteiger partial charge in [0.05, 0.1) is 13.0 Å². The lowest BCUT2D eigenvalue weighted by Crippen LogP contribution is -2.01. The maximum atomic E-state index is 12.8. The summed E-state index contributed by atoms with van der Waals surface area (Å²) in [7, 11) is 0. The van der Waals surface area contributed by atoms with Crippen LogP contribution in [0.25, 0.3) is 6.08 Å². The minimum absolute atomic E-state index is 0.118. The van der Waals surface area contributed by atoms with Crippen LogP contribution in [-0.4, -0.2) is 12.6 Å². The van der Waals surface area contributed by atoms with Crippen LogP contribution < -0.4 is 0 Å². The van der Waals surface area contributed by atoms with Gasteiger partial charge in [-0.05, 0) is 24.6 Å². The molecule has 1 rings (SSSR count). The van der Waals surface area contributed by atoms with Crippen molar-refractivity contribution in [2.24, 2.45) is 0 Å². The standard InChI is InChI=1S/C12H12F2O2/c1-2-16-12(15)5-3-4-9-6-7-10(13)11(14)8-9/h3-4,6-8H,2,5H2,1H3. The van der Waals surface area contributed by atoms with Crippen LogP contribution in [-0.2, 0) is 9.53 Å². The second-order valence-corrected chi connectivity index (χ2v) is 3.09. The second-order valence-electron chi connectivity index (χ2n) is 3.09. The molecular formula is C12H12F2O2. The minimum Gasteiger partial charge on any atom is -0.466 e. The Kier molecular flexibility index (Phi) is 4.64. The lowest BCUT2D eigenvalue weighted by Gasteiger charge is -1.97. The molecule has 0 radical (unpaired) electrons. The lowest BCUT2D eigenvalue weighted by molar-refractivity contribution is -0.142. The highest BCUT2D eigenvalue weighted by atomic mass is 19.2. The average Bonchev–Trinajstić information content (AvgIpc) is 2.24. The molecule has 0 heterocycles. The van der Waals surface area contributed by atoms with Gasteiger partial charge in [-0.3, -0.25) is 4.79 Å². The van der Waals surface area contributed by atoms with Crippen molar-refractivity contribution in [3.8, 4) is 0 Å². The molecule has 0 unspecified atom stereocenters. The van der Waals surface area contributed by atoms with Crippen molar-refractivity contribution >= 4 is 12.0 Å². The predicted molar refractivity (Wildman–Crippen MR) is 56.6 cm³/mol. The number of hydrogen-bond donors (Lipinski definition) is 0. The van der Waals surface area contributed by atoms with E-state index in [1.165, 1.54) is 6.07 Å². The fraction of sp³-hybridized carbons (Fsp3) is 0.250. The van der Waals surface area contributed by atoms with Crippen LogP contribution >= 0.6 is 0 Å². The van der Waals surface area contributed by atoms with Gasteiger partial charge in [0.1, 0.15) is 0 Å². The fourth-order valence-electron chi connectivity index (χ4n) is 1.13. The van der Waals surface area contributed by atoms with Gasteiger partial charge >= 0.3 is 5.97 Å². The molecule has 0 bridgehead atoms. The van der Waals surface area contributed by atoms with Crippen LogP contribution in [0.1, 0.15) is 18.9 Å². The van der Waals surface area contributed by atoms with Gasteiger partial charge in [0.25, 0.3) is 0 Å². The quantitative estimate of drug-likeness (QED) is 0.738. The first-order valence-electron chi connectivity index (χ1n) is 4.90. The smallest absolute Gasteiger partial charge is 0.309 e. The Morgan fingerprint density at radius 3 is 2.75 bits per heavy atom. The molecule has 0 N–H and O–H groups in total. The van der Waals surface area contributed by atoms with E-state index < -0.39 is 11.6 Å². The van der Waals surface area contributed by atoms with Crippen molar-refractivity contribution in [3.63, 3.8) is 0 Å². The zero-order valence-corrected chi connectivity index (χ0v) is 8.87. The molecule has 0 saturated heterocycles. The van der Waals surface area contributed by atoms with Crippen LogP contribution in [0.3, 0.4) is 0 Å². The van der Waals surface area contributed by atoms with E-state index in [0.29, 0.717) is 12.2 Å². The third kappa shape index (κ3) is 3.81. The maximum absolute atomic E-state index is 12.8. The molecule has 16 heavy (non-hydrogen) atoms. The summed E-state index contributed by atoms with van der Waals surface area (Å²) >= 11 is 0. The Morgan fingerprint density at radius 1 is 1.38 bits per heavy atom. The van der Waals surface area contributed by atoms with E-state index in [1.807, 2.05) is 0 Å². The Morgan fingerprint density at radius 2 is 2.12 bits per heavy atom. The number of carbonyl (C=O) groups is 1. The molecule has 1 aromatic carbocycles. The second kappa shape index (κ2) is 6.00. The highest BCUT2D eigenvalue weighted by molar-refractivity contribution is 5.72. The molecule has 0 amide bonds. The maximum Gasteiger partial charge on any atom is 0.309 e. The first-order chi connectivity index (χ1) is 7.63. The van der Waals surface area contributed by atoms with Crippen molar-refractivity contribution in [1.29, 1.82) is 0 Å². The molecule has 0 aliphatic carbocycles. The van der Waals surface area contributed by atoms with Gasteiger partial charge in [-0.2, -0.15) is 0 Å². The molecule has 2 nitrogen and oxygen atoms in total. The molecule has 0 fully saturated rings. The summed E-state index contributed by atoms with van der Waals surface area (Å²) in [5, 5.41) is 0. The number of rotatable bonds is 4. The number of carbonyl (C=O) groups excluding carboxylic acids is 1. The van der Waals surface area contributed by atoms with Crippen molar-refractivity contribution < 1.29 is 18.3 Å². The van der Waals surface area contributed by atoms with Crippen molar-refractivity contribution in [1.82, 2.24) is 0 Å². The summed E-state index contributed by atoms with van der Waals surface area (Å²) in [4.78, 5) is 10.9. The van der Waals surface area contributed by atoms with Crippen LogP contribution in [0, 0.1) is 11.6 Å². The first kappa shape index (κ1) is 12.4. The number of esters is 1. The largest absolute Gasteiger partial charge is 0.466 e. The number of halogens is 2. The third-order valence-electron chi connectivity index (χ3n) is 1.84. The summed E-state index contributed by atoms with van der Waals surface area (Å²) in [5.74, 6) is -2.14. The Bertz CT molecular complexity index is 400. The van der Waals surface area contributed by atoms with Crippen molar-refractivity contribution in [2.45, 2.75) is 13.3 Å². The van der Waals surface area contributed by atoms with Crippen LogP contribution in [0.2, 0.25) is 0 Å². The van der Waals surface area contributed by atoms with E-state index in [9.17, 15) is 13.6 Å². The normalized spacial score (nSPS) is 10.7. The molecule has 86 valence electrons.